The number of aliphatic hydroxyl groups is 1. The third-order valence-electron chi connectivity index (χ3n) is 3.49. The van der Waals surface area contributed by atoms with Crippen molar-refractivity contribution in [3.63, 3.8) is 0 Å². The second-order valence-corrected chi connectivity index (χ2v) is 5.76. The van der Waals surface area contributed by atoms with Crippen molar-refractivity contribution in [2.24, 2.45) is 0 Å². The number of β-amino-alcohol motifs (C(OH)–C–C–N with tert-alkyl or cyclic N) is 1. The molecule has 1 amide bonds. The van der Waals surface area contributed by atoms with Crippen molar-refractivity contribution in [3.05, 3.63) is 33.8 Å². The summed E-state index contributed by atoms with van der Waals surface area (Å²) in [6, 6.07) is 2.90. The van der Waals surface area contributed by atoms with Crippen LogP contribution in [0.3, 0.4) is 0 Å². The van der Waals surface area contributed by atoms with Crippen molar-refractivity contribution < 1.29 is 23.1 Å². The van der Waals surface area contributed by atoms with E-state index >= 15 is 0 Å². The molecule has 2 N–H and O–H groups in total. The summed E-state index contributed by atoms with van der Waals surface area (Å²) in [7, 11) is 1.47. The highest BCUT2D eigenvalue weighted by molar-refractivity contribution is 9.10. The molecule has 116 valence electrons. The smallest absolute Gasteiger partial charge is 0.390 e. The Morgan fingerprint density at radius 1 is 1.43 bits per heavy atom. The van der Waals surface area contributed by atoms with Crippen LogP contribution in [0.5, 0.6) is 0 Å². The predicted molar refractivity (Wildman–Crippen MR) is 73.9 cm³/mol. The lowest BCUT2D eigenvalue weighted by atomic mass is 10.1. The Hall–Kier alpha value is -1.12. The van der Waals surface area contributed by atoms with Gasteiger partial charge in [0.1, 0.15) is 0 Å². The van der Waals surface area contributed by atoms with Gasteiger partial charge in [-0.25, -0.2) is 0 Å². The molecule has 1 aliphatic heterocycles. The van der Waals surface area contributed by atoms with Crippen LogP contribution < -0.4 is 5.32 Å². The van der Waals surface area contributed by atoms with Gasteiger partial charge in [0.05, 0.1) is 17.7 Å². The Kier molecular flexibility index (Phi) is 4.60. The minimum atomic E-state index is -4.54. The average Bonchev–Trinajstić information content (AvgIpc) is 2.82. The number of aliphatic hydroxyl groups excluding tert-OH is 1. The molecule has 1 aromatic rings. The van der Waals surface area contributed by atoms with Crippen molar-refractivity contribution >= 4 is 21.8 Å². The molecule has 0 bridgehead atoms. The molecule has 0 aliphatic carbocycles. The first-order chi connectivity index (χ1) is 9.71. The van der Waals surface area contributed by atoms with Crippen LogP contribution in [-0.4, -0.2) is 48.2 Å². The van der Waals surface area contributed by atoms with Crippen LogP contribution >= 0.6 is 15.9 Å². The normalized spacial score (nSPS) is 22.4. The maximum atomic E-state index is 12.9. The van der Waals surface area contributed by atoms with Crippen molar-refractivity contribution in [1.82, 2.24) is 10.2 Å². The average molecular weight is 367 g/mol. The van der Waals surface area contributed by atoms with Gasteiger partial charge in [0.2, 0.25) is 0 Å². The van der Waals surface area contributed by atoms with Crippen molar-refractivity contribution in [2.75, 3.05) is 20.1 Å². The molecule has 1 fully saturated rings. The SMILES string of the molecule is CN(C(=O)c1ccc(Br)c(C(F)(F)F)c1)[C@H]1CNC[C@@H]1O. The first kappa shape index (κ1) is 16.3. The quantitative estimate of drug-likeness (QED) is 0.840. The monoisotopic (exact) mass is 366 g/mol. The van der Waals surface area contributed by atoms with E-state index in [9.17, 15) is 23.1 Å². The maximum Gasteiger partial charge on any atom is 0.417 e. The van der Waals surface area contributed by atoms with Gasteiger partial charge in [-0.2, -0.15) is 13.2 Å². The van der Waals surface area contributed by atoms with Gasteiger partial charge in [-0.3, -0.25) is 4.79 Å². The summed E-state index contributed by atoms with van der Waals surface area (Å²) in [5.74, 6) is -0.555. The number of hydrogen-bond acceptors (Lipinski definition) is 3. The fourth-order valence-electron chi connectivity index (χ4n) is 2.28. The summed E-state index contributed by atoms with van der Waals surface area (Å²) in [5.41, 5.74) is -0.959. The molecule has 1 saturated heterocycles. The summed E-state index contributed by atoms with van der Waals surface area (Å²) < 4.78 is 38.4. The topological polar surface area (TPSA) is 52.6 Å². The highest BCUT2D eigenvalue weighted by Crippen LogP contribution is 2.35. The van der Waals surface area contributed by atoms with Gasteiger partial charge in [0, 0.05) is 30.2 Å². The number of hydrogen-bond donors (Lipinski definition) is 2. The molecule has 1 aliphatic rings. The molecule has 4 nitrogen and oxygen atoms in total. The Morgan fingerprint density at radius 2 is 2.10 bits per heavy atom. The second kappa shape index (κ2) is 5.94. The molecule has 2 atom stereocenters. The summed E-state index contributed by atoms with van der Waals surface area (Å²) in [5, 5.41) is 12.7. The van der Waals surface area contributed by atoms with E-state index < -0.39 is 29.8 Å². The number of benzene rings is 1. The van der Waals surface area contributed by atoms with Crippen molar-refractivity contribution in [3.8, 4) is 0 Å². The zero-order valence-corrected chi connectivity index (χ0v) is 12.7. The third-order valence-corrected chi connectivity index (χ3v) is 4.18. The number of carbonyl (C=O) groups excluding carboxylic acids is 1. The third kappa shape index (κ3) is 3.38. The van der Waals surface area contributed by atoms with Gasteiger partial charge >= 0.3 is 6.18 Å². The van der Waals surface area contributed by atoms with Crippen molar-refractivity contribution in [2.45, 2.75) is 18.3 Å². The molecule has 0 spiro atoms. The lowest BCUT2D eigenvalue weighted by Gasteiger charge is -2.26. The minimum absolute atomic E-state index is 0.0628. The number of nitrogens with zero attached hydrogens (tertiary/aromatic N) is 1. The summed E-state index contributed by atoms with van der Waals surface area (Å²) >= 11 is 2.83. The largest absolute Gasteiger partial charge is 0.417 e. The Bertz CT molecular complexity index is 551. The lowest BCUT2D eigenvalue weighted by Crippen LogP contribution is -2.44. The van der Waals surface area contributed by atoms with E-state index in [-0.39, 0.29) is 10.0 Å². The summed E-state index contributed by atoms with van der Waals surface area (Å²) in [4.78, 5) is 13.5. The first-order valence-corrected chi connectivity index (χ1v) is 7.04. The molecular weight excluding hydrogens is 353 g/mol. The molecule has 1 heterocycles. The maximum absolute atomic E-state index is 12.9. The molecule has 0 radical (unpaired) electrons. The van der Waals surface area contributed by atoms with Gasteiger partial charge in [0.15, 0.2) is 0 Å². The van der Waals surface area contributed by atoms with Crippen LogP contribution in [0.15, 0.2) is 22.7 Å². The van der Waals surface area contributed by atoms with Crippen LogP contribution in [-0.2, 0) is 6.18 Å². The summed E-state index contributed by atoms with van der Waals surface area (Å²) in [6.07, 6.45) is -5.27. The standard InChI is InChI=1S/C13H14BrF3N2O2/c1-19(10-5-18-6-11(10)20)12(21)7-2-3-9(14)8(4-7)13(15,16)17/h2-4,10-11,18,20H,5-6H2,1H3/t10-,11-/m0/s1. The van der Waals surface area contributed by atoms with Gasteiger partial charge in [0.25, 0.3) is 5.91 Å². The molecule has 8 heteroatoms. The number of amides is 1. The van der Waals surface area contributed by atoms with Crippen LogP contribution in [0.4, 0.5) is 13.2 Å². The van der Waals surface area contributed by atoms with E-state index in [0.717, 1.165) is 6.07 Å². The van der Waals surface area contributed by atoms with E-state index in [1.807, 2.05) is 0 Å². The Balaban J connectivity index is 2.27. The highest BCUT2D eigenvalue weighted by atomic mass is 79.9. The fraction of sp³-hybridized carbons (Fsp3) is 0.462. The van der Waals surface area contributed by atoms with Crippen LogP contribution in [0.1, 0.15) is 15.9 Å². The highest BCUT2D eigenvalue weighted by Gasteiger charge is 2.35. The molecule has 0 saturated carbocycles. The number of halogens is 4. The number of likely N-dealkylation sites (N-methyl/N-ethyl adjacent to an activating group) is 1. The van der Waals surface area contributed by atoms with Gasteiger partial charge in [-0.05, 0) is 18.2 Å². The molecule has 0 unspecified atom stereocenters. The Morgan fingerprint density at radius 3 is 2.62 bits per heavy atom. The van der Waals surface area contributed by atoms with E-state index in [0.29, 0.717) is 13.1 Å². The molecule has 0 aromatic heterocycles. The van der Waals surface area contributed by atoms with Crippen LogP contribution in [0.25, 0.3) is 0 Å². The van der Waals surface area contributed by atoms with Gasteiger partial charge < -0.3 is 15.3 Å². The zero-order valence-electron chi connectivity index (χ0n) is 11.1. The van der Waals surface area contributed by atoms with E-state index in [2.05, 4.69) is 21.2 Å². The molecule has 1 aromatic carbocycles. The van der Waals surface area contributed by atoms with Crippen molar-refractivity contribution in [1.29, 1.82) is 0 Å². The predicted octanol–water partition coefficient (Wildman–Crippen LogP) is 1.87. The molecule has 21 heavy (non-hydrogen) atoms. The zero-order chi connectivity index (χ0) is 15.8. The molecule has 2 rings (SSSR count). The van der Waals surface area contributed by atoms with Gasteiger partial charge in [-0.1, -0.05) is 15.9 Å². The summed E-state index contributed by atoms with van der Waals surface area (Å²) in [6.45, 7) is 0.766. The Labute approximate surface area is 128 Å². The van der Waals surface area contributed by atoms with E-state index in [1.54, 1.807) is 0 Å². The second-order valence-electron chi connectivity index (χ2n) is 4.90. The number of nitrogens with one attached hydrogen (secondary N) is 1. The van der Waals surface area contributed by atoms with Crippen LogP contribution in [0, 0.1) is 0 Å². The van der Waals surface area contributed by atoms with E-state index in [1.165, 1.54) is 24.1 Å². The first-order valence-electron chi connectivity index (χ1n) is 6.24. The number of carbonyl (C=O) groups is 1. The fourth-order valence-corrected chi connectivity index (χ4v) is 2.75. The minimum Gasteiger partial charge on any atom is -0.390 e. The van der Waals surface area contributed by atoms with Gasteiger partial charge in [-0.15, -0.1) is 0 Å². The lowest BCUT2D eigenvalue weighted by molar-refractivity contribution is -0.138. The number of rotatable bonds is 2. The van der Waals surface area contributed by atoms with Crippen LogP contribution in [0.2, 0.25) is 0 Å². The molecular formula is C13H14BrF3N2O2. The van der Waals surface area contributed by atoms with E-state index in [4.69, 9.17) is 0 Å². The number of alkyl halides is 3.